The van der Waals surface area contributed by atoms with Crippen LogP contribution in [-0.2, 0) is 5.75 Å². The number of nitrogens with zero attached hydrogens (tertiary/aromatic N) is 6. The lowest BCUT2D eigenvalue weighted by Crippen LogP contribution is -2.01. The molecule has 0 amide bonds. The number of benzene rings is 1. The van der Waals surface area contributed by atoms with Crippen molar-refractivity contribution >= 4 is 11.8 Å². The predicted molar refractivity (Wildman–Crippen MR) is 87.3 cm³/mol. The van der Waals surface area contributed by atoms with E-state index in [9.17, 15) is 0 Å². The molecule has 3 aromatic heterocycles. The minimum absolute atomic E-state index is 0.338. The lowest BCUT2D eigenvalue weighted by atomic mass is 10.3. The van der Waals surface area contributed by atoms with Crippen LogP contribution in [0.2, 0.25) is 0 Å². The van der Waals surface area contributed by atoms with Crippen LogP contribution in [0.5, 0.6) is 5.75 Å². The van der Waals surface area contributed by atoms with Crippen LogP contribution in [-0.4, -0.2) is 37.5 Å². The molecule has 0 radical (unpaired) electrons. The van der Waals surface area contributed by atoms with Crippen LogP contribution in [0.3, 0.4) is 0 Å². The van der Waals surface area contributed by atoms with Gasteiger partial charge in [-0.2, -0.15) is 4.68 Å². The molecule has 9 nitrogen and oxygen atoms in total. The van der Waals surface area contributed by atoms with Crippen LogP contribution >= 0.6 is 11.8 Å². The monoisotopic (exact) mass is 356 g/mol. The van der Waals surface area contributed by atoms with Crippen molar-refractivity contribution in [1.29, 1.82) is 0 Å². The largest absolute Gasteiger partial charge is 0.494 e. The smallest absolute Gasteiger partial charge is 0.283 e. The fourth-order valence-electron chi connectivity index (χ4n) is 2.16. The van der Waals surface area contributed by atoms with E-state index in [0.717, 1.165) is 5.69 Å². The summed E-state index contributed by atoms with van der Waals surface area (Å²) in [5, 5.41) is 20.4. The molecule has 126 valence electrons. The Morgan fingerprint density at radius 3 is 2.88 bits per heavy atom. The molecular weight excluding hydrogens is 344 g/mol. The van der Waals surface area contributed by atoms with Crippen molar-refractivity contribution in [2.45, 2.75) is 10.9 Å². The maximum atomic E-state index is 5.58. The van der Waals surface area contributed by atoms with Gasteiger partial charge in [0.15, 0.2) is 5.76 Å². The second kappa shape index (κ2) is 6.77. The summed E-state index contributed by atoms with van der Waals surface area (Å²) in [5.41, 5.74) is 0.749. The molecule has 0 saturated heterocycles. The van der Waals surface area contributed by atoms with Crippen molar-refractivity contribution in [2.24, 2.45) is 0 Å². The molecule has 0 saturated carbocycles. The highest BCUT2D eigenvalue weighted by Gasteiger charge is 2.16. The minimum atomic E-state index is 0.338. The average Bonchev–Trinajstić information content (AvgIpc) is 3.40. The number of hydrogen-bond donors (Lipinski definition) is 0. The highest BCUT2D eigenvalue weighted by Crippen LogP contribution is 2.27. The lowest BCUT2D eigenvalue weighted by Gasteiger charge is -2.08. The van der Waals surface area contributed by atoms with Gasteiger partial charge in [-0.25, -0.2) is 0 Å². The van der Waals surface area contributed by atoms with Gasteiger partial charge in [0.25, 0.3) is 5.89 Å². The maximum absolute atomic E-state index is 5.58. The summed E-state index contributed by atoms with van der Waals surface area (Å²) in [6.07, 6.45) is 1.55. The Kier molecular flexibility index (Phi) is 4.17. The Morgan fingerprint density at radius 1 is 1.12 bits per heavy atom. The van der Waals surface area contributed by atoms with Gasteiger partial charge < -0.3 is 13.6 Å². The number of rotatable bonds is 6. The lowest BCUT2D eigenvalue weighted by molar-refractivity contribution is 0.410. The van der Waals surface area contributed by atoms with E-state index in [1.54, 1.807) is 30.2 Å². The van der Waals surface area contributed by atoms with E-state index in [2.05, 4.69) is 25.7 Å². The van der Waals surface area contributed by atoms with E-state index in [1.807, 2.05) is 24.3 Å². The van der Waals surface area contributed by atoms with Gasteiger partial charge in [-0.3, -0.25) is 0 Å². The number of thioether (sulfide) groups is 1. The Balaban J connectivity index is 1.52. The van der Waals surface area contributed by atoms with E-state index in [0.29, 0.717) is 34.2 Å². The standard InChI is InChI=1S/C15H12N6O3S/c1-22-11-6-3-2-5-10(11)21-15(18-19-20-21)25-9-13-16-17-14(24-13)12-7-4-8-23-12/h2-8H,9H2,1H3. The second-order valence-electron chi connectivity index (χ2n) is 4.81. The molecule has 3 heterocycles. The summed E-state index contributed by atoms with van der Waals surface area (Å²) in [6, 6.07) is 11.0. The highest BCUT2D eigenvalue weighted by molar-refractivity contribution is 7.98. The van der Waals surface area contributed by atoms with E-state index in [1.165, 1.54) is 11.8 Å². The molecule has 0 bridgehead atoms. The third-order valence-corrected chi connectivity index (χ3v) is 4.18. The molecule has 4 rings (SSSR count). The topological polar surface area (TPSA) is 105 Å². The molecule has 10 heteroatoms. The molecule has 0 aliphatic rings. The molecule has 0 fully saturated rings. The Morgan fingerprint density at radius 2 is 2.04 bits per heavy atom. The van der Waals surface area contributed by atoms with Crippen molar-refractivity contribution in [3.63, 3.8) is 0 Å². The molecule has 0 N–H and O–H groups in total. The summed E-state index contributed by atoms with van der Waals surface area (Å²) in [7, 11) is 1.60. The molecule has 25 heavy (non-hydrogen) atoms. The Labute approximate surface area is 146 Å². The van der Waals surface area contributed by atoms with E-state index >= 15 is 0 Å². The third-order valence-electron chi connectivity index (χ3n) is 3.28. The summed E-state index contributed by atoms with van der Waals surface area (Å²) in [6.45, 7) is 0. The van der Waals surface area contributed by atoms with Gasteiger partial charge in [-0.1, -0.05) is 23.9 Å². The number of tetrazole rings is 1. The fraction of sp³-hybridized carbons (Fsp3) is 0.133. The van der Waals surface area contributed by atoms with Crippen molar-refractivity contribution in [2.75, 3.05) is 7.11 Å². The van der Waals surface area contributed by atoms with Crippen LogP contribution in [0.15, 0.2) is 56.7 Å². The molecule has 0 atom stereocenters. The zero-order chi connectivity index (χ0) is 17.1. The average molecular weight is 356 g/mol. The summed E-state index contributed by atoms with van der Waals surface area (Å²) < 4.78 is 17.8. The number of aromatic nitrogens is 6. The first kappa shape index (κ1) is 15.4. The van der Waals surface area contributed by atoms with Crippen molar-refractivity contribution < 1.29 is 13.6 Å². The minimum Gasteiger partial charge on any atom is -0.494 e. The Hall–Kier alpha value is -3.14. The van der Waals surface area contributed by atoms with Crippen LogP contribution in [0.1, 0.15) is 5.89 Å². The zero-order valence-electron chi connectivity index (χ0n) is 13.1. The molecular formula is C15H12N6O3S. The third kappa shape index (κ3) is 3.11. The van der Waals surface area contributed by atoms with E-state index in [4.69, 9.17) is 13.6 Å². The van der Waals surface area contributed by atoms with Crippen LogP contribution < -0.4 is 4.74 Å². The first-order valence-corrected chi connectivity index (χ1v) is 8.24. The normalized spacial score (nSPS) is 10.9. The second-order valence-corrected chi connectivity index (χ2v) is 5.75. The summed E-state index contributed by atoms with van der Waals surface area (Å²) in [4.78, 5) is 0. The molecule has 0 unspecified atom stereocenters. The van der Waals surface area contributed by atoms with Crippen LogP contribution in [0.4, 0.5) is 0 Å². The first-order valence-electron chi connectivity index (χ1n) is 7.26. The van der Waals surface area contributed by atoms with E-state index < -0.39 is 0 Å². The van der Waals surface area contributed by atoms with Gasteiger partial charge in [0, 0.05) is 0 Å². The van der Waals surface area contributed by atoms with Crippen molar-refractivity contribution in [3.05, 3.63) is 48.6 Å². The van der Waals surface area contributed by atoms with Crippen molar-refractivity contribution in [3.8, 4) is 23.1 Å². The molecule has 0 spiro atoms. The quantitative estimate of drug-likeness (QED) is 0.482. The molecule has 0 aliphatic heterocycles. The van der Waals surface area contributed by atoms with Gasteiger partial charge >= 0.3 is 0 Å². The number of furan rings is 1. The van der Waals surface area contributed by atoms with Crippen LogP contribution in [0.25, 0.3) is 17.3 Å². The SMILES string of the molecule is COc1ccccc1-n1nnnc1SCc1nnc(-c2ccco2)o1. The summed E-state index contributed by atoms with van der Waals surface area (Å²) in [5.74, 6) is 2.41. The number of para-hydroxylation sites is 2. The van der Waals surface area contributed by atoms with Gasteiger partial charge in [-0.15, -0.1) is 15.3 Å². The van der Waals surface area contributed by atoms with Gasteiger partial charge in [0.1, 0.15) is 11.4 Å². The first-order chi connectivity index (χ1) is 12.3. The van der Waals surface area contributed by atoms with Crippen LogP contribution in [0, 0.1) is 0 Å². The van der Waals surface area contributed by atoms with Gasteiger partial charge in [-0.05, 0) is 34.7 Å². The van der Waals surface area contributed by atoms with Gasteiger partial charge in [0.2, 0.25) is 11.0 Å². The van der Waals surface area contributed by atoms with Crippen molar-refractivity contribution in [1.82, 2.24) is 30.4 Å². The maximum Gasteiger partial charge on any atom is 0.283 e. The number of ether oxygens (including phenoxy) is 1. The Bertz CT molecular complexity index is 965. The number of methoxy groups -OCH3 is 1. The molecule has 4 aromatic rings. The fourth-order valence-corrected chi connectivity index (χ4v) is 2.88. The zero-order valence-corrected chi connectivity index (χ0v) is 13.9. The number of hydrogen-bond acceptors (Lipinski definition) is 9. The van der Waals surface area contributed by atoms with E-state index in [-0.39, 0.29) is 0 Å². The van der Waals surface area contributed by atoms with Gasteiger partial charge in [0.05, 0.1) is 19.1 Å². The highest BCUT2D eigenvalue weighted by atomic mass is 32.2. The molecule has 0 aliphatic carbocycles. The predicted octanol–water partition coefficient (Wildman–Crippen LogP) is 2.61. The summed E-state index contributed by atoms with van der Waals surface area (Å²) >= 11 is 1.38. The molecule has 1 aromatic carbocycles.